The van der Waals surface area contributed by atoms with E-state index in [1.165, 1.54) is 6.39 Å². The highest BCUT2D eigenvalue weighted by Crippen LogP contribution is 2.30. The number of aromatic nitrogens is 1. The molecule has 1 amide bonds. The zero-order chi connectivity index (χ0) is 22.5. The molecule has 8 nitrogen and oxygen atoms in total. The molecule has 0 unspecified atom stereocenters. The third-order valence-electron chi connectivity index (χ3n) is 6.53. The number of carboxylic acids is 1. The first-order chi connectivity index (χ1) is 15.5. The van der Waals surface area contributed by atoms with Gasteiger partial charge in [0.05, 0.1) is 12.0 Å². The molecule has 32 heavy (non-hydrogen) atoms. The SMILES string of the molecule is CN(C(=O)OCc1ocnc1-c1ccc(O[C@H]2CCC[C@H](C(=O)O)C2)cc1)C1CCCC1. The quantitative estimate of drug-likeness (QED) is 0.652. The zero-order valence-corrected chi connectivity index (χ0v) is 18.4. The molecule has 2 aliphatic rings. The van der Waals surface area contributed by atoms with Gasteiger partial charge in [0.25, 0.3) is 0 Å². The van der Waals surface area contributed by atoms with Crippen molar-refractivity contribution < 1.29 is 28.6 Å². The highest BCUT2D eigenvalue weighted by molar-refractivity contribution is 5.70. The first-order valence-electron chi connectivity index (χ1n) is 11.3. The molecule has 0 spiro atoms. The summed E-state index contributed by atoms with van der Waals surface area (Å²) >= 11 is 0. The second-order valence-corrected chi connectivity index (χ2v) is 8.69. The summed E-state index contributed by atoms with van der Waals surface area (Å²) in [6, 6.07) is 7.69. The van der Waals surface area contributed by atoms with Crippen molar-refractivity contribution in [2.75, 3.05) is 7.05 Å². The lowest BCUT2D eigenvalue weighted by atomic mass is 9.87. The van der Waals surface area contributed by atoms with Crippen molar-refractivity contribution in [1.29, 1.82) is 0 Å². The first kappa shape index (κ1) is 22.2. The molecular formula is C24H30N2O6. The van der Waals surface area contributed by atoms with Crippen LogP contribution in [0.1, 0.15) is 57.1 Å². The van der Waals surface area contributed by atoms with E-state index in [4.69, 9.17) is 13.9 Å². The number of aliphatic carboxylic acids is 1. The predicted molar refractivity (Wildman–Crippen MR) is 116 cm³/mol. The van der Waals surface area contributed by atoms with Crippen molar-refractivity contribution in [3.8, 4) is 17.0 Å². The number of rotatable bonds is 7. The minimum Gasteiger partial charge on any atom is -0.490 e. The fourth-order valence-corrected chi connectivity index (χ4v) is 4.64. The van der Waals surface area contributed by atoms with Gasteiger partial charge in [-0.05, 0) is 62.8 Å². The number of amides is 1. The molecule has 2 atom stereocenters. The van der Waals surface area contributed by atoms with Gasteiger partial charge in [-0.25, -0.2) is 9.78 Å². The molecule has 1 aromatic carbocycles. The smallest absolute Gasteiger partial charge is 0.410 e. The Morgan fingerprint density at radius 3 is 2.59 bits per heavy atom. The second-order valence-electron chi connectivity index (χ2n) is 8.69. The maximum Gasteiger partial charge on any atom is 0.410 e. The average Bonchev–Trinajstić information content (AvgIpc) is 3.50. The lowest BCUT2D eigenvalue weighted by molar-refractivity contribution is -0.143. The molecule has 172 valence electrons. The summed E-state index contributed by atoms with van der Waals surface area (Å²) in [4.78, 5) is 29.6. The summed E-state index contributed by atoms with van der Waals surface area (Å²) in [5, 5.41) is 9.25. The van der Waals surface area contributed by atoms with E-state index in [1.807, 2.05) is 24.3 Å². The van der Waals surface area contributed by atoms with E-state index in [0.29, 0.717) is 30.0 Å². The molecule has 1 aromatic heterocycles. The summed E-state index contributed by atoms with van der Waals surface area (Å²) in [7, 11) is 1.78. The number of carbonyl (C=O) groups is 2. The predicted octanol–water partition coefficient (Wildman–Crippen LogP) is 4.87. The molecule has 0 bridgehead atoms. The number of ether oxygens (including phenoxy) is 2. The van der Waals surface area contributed by atoms with Gasteiger partial charge in [0.1, 0.15) is 11.4 Å². The van der Waals surface area contributed by atoms with Crippen LogP contribution in [0.25, 0.3) is 11.3 Å². The molecule has 0 aliphatic heterocycles. The molecular weight excluding hydrogens is 412 g/mol. The van der Waals surface area contributed by atoms with Gasteiger partial charge < -0.3 is 23.9 Å². The Morgan fingerprint density at radius 1 is 1.12 bits per heavy atom. The van der Waals surface area contributed by atoms with Crippen LogP contribution in [-0.2, 0) is 16.1 Å². The van der Waals surface area contributed by atoms with E-state index in [-0.39, 0.29) is 30.8 Å². The fraction of sp³-hybridized carbons (Fsp3) is 0.542. The second kappa shape index (κ2) is 10.1. The number of nitrogens with zero attached hydrogens (tertiary/aromatic N) is 2. The highest BCUT2D eigenvalue weighted by atomic mass is 16.6. The molecule has 0 saturated heterocycles. The van der Waals surface area contributed by atoms with E-state index in [2.05, 4.69) is 4.98 Å². The van der Waals surface area contributed by atoms with Gasteiger partial charge in [0, 0.05) is 18.7 Å². The molecule has 2 aromatic rings. The Balaban J connectivity index is 1.34. The van der Waals surface area contributed by atoms with E-state index in [9.17, 15) is 14.7 Å². The number of oxazole rings is 1. The first-order valence-corrected chi connectivity index (χ1v) is 11.3. The Bertz CT molecular complexity index is 919. The monoisotopic (exact) mass is 442 g/mol. The van der Waals surface area contributed by atoms with Gasteiger partial charge in [-0.1, -0.05) is 12.8 Å². The molecule has 2 saturated carbocycles. The average molecular weight is 443 g/mol. The van der Waals surface area contributed by atoms with Crippen LogP contribution in [0.3, 0.4) is 0 Å². The number of carbonyl (C=O) groups excluding carboxylic acids is 1. The number of hydrogen-bond acceptors (Lipinski definition) is 6. The topological polar surface area (TPSA) is 102 Å². The maximum absolute atomic E-state index is 12.4. The van der Waals surface area contributed by atoms with Crippen molar-refractivity contribution in [2.45, 2.75) is 70.1 Å². The third-order valence-corrected chi connectivity index (χ3v) is 6.53. The van der Waals surface area contributed by atoms with Gasteiger partial charge in [0.15, 0.2) is 18.8 Å². The van der Waals surface area contributed by atoms with E-state index >= 15 is 0 Å². The van der Waals surface area contributed by atoms with Crippen molar-refractivity contribution >= 4 is 12.1 Å². The summed E-state index contributed by atoms with van der Waals surface area (Å²) in [6.45, 7) is 0.0160. The van der Waals surface area contributed by atoms with Crippen LogP contribution in [0.2, 0.25) is 0 Å². The van der Waals surface area contributed by atoms with Crippen LogP contribution in [-0.4, -0.2) is 46.2 Å². The molecule has 1 N–H and O–H groups in total. The summed E-state index contributed by atoms with van der Waals surface area (Å²) < 4.78 is 16.9. The van der Waals surface area contributed by atoms with Crippen LogP contribution >= 0.6 is 0 Å². The lowest BCUT2D eigenvalue weighted by Crippen LogP contribution is -2.35. The van der Waals surface area contributed by atoms with Gasteiger partial charge >= 0.3 is 12.1 Å². The Morgan fingerprint density at radius 2 is 1.88 bits per heavy atom. The normalized spacial score (nSPS) is 21.3. The lowest BCUT2D eigenvalue weighted by Gasteiger charge is -2.27. The van der Waals surface area contributed by atoms with E-state index in [1.54, 1.807) is 11.9 Å². The number of carboxylic acid groups (broad SMARTS) is 1. The van der Waals surface area contributed by atoms with Gasteiger partial charge in [-0.15, -0.1) is 0 Å². The van der Waals surface area contributed by atoms with Gasteiger partial charge in [0.2, 0.25) is 0 Å². The maximum atomic E-state index is 12.4. The Hall–Kier alpha value is -3.03. The molecule has 0 radical (unpaired) electrons. The molecule has 2 fully saturated rings. The zero-order valence-electron chi connectivity index (χ0n) is 18.4. The Labute approximate surface area is 187 Å². The molecule has 4 rings (SSSR count). The van der Waals surface area contributed by atoms with Crippen LogP contribution in [0.5, 0.6) is 5.75 Å². The van der Waals surface area contributed by atoms with Crippen LogP contribution in [0.15, 0.2) is 35.1 Å². The van der Waals surface area contributed by atoms with E-state index in [0.717, 1.165) is 44.1 Å². The highest BCUT2D eigenvalue weighted by Gasteiger charge is 2.28. The van der Waals surface area contributed by atoms with Gasteiger partial charge in [-0.2, -0.15) is 0 Å². The number of benzene rings is 1. The van der Waals surface area contributed by atoms with Crippen molar-refractivity contribution in [1.82, 2.24) is 9.88 Å². The summed E-state index contributed by atoms with van der Waals surface area (Å²) in [5.74, 6) is 0.103. The Kier molecular flexibility index (Phi) is 6.97. The van der Waals surface area contributed by atoms with Crippen molar-refractivity contribution in [3.05, 3.63) is 36.4 Å². The van der Waals surface area contributed by atoms with Crippen LogP contribution < -0.4 is 4.74 Å². The standard InChI is InChI=1S/C24H30N2O6/c1-26(18-6-2-3-7-18)24(29)30-14-21-22(25-15-31-21)16-9-11-19(12-10-16)32-20-8-4-5-17(13-20)23(27)28/h9-12,15,17-18,20H,2-8,13-14H2,1H3,(H,27,28)/t17-,20-/m0/s1. The number of hydrogen-bond donors (Lipinski definition) is 1. The van der Waals surface area contributed by atoms with Crippen molar-refractivity contribution in [2.24, 2.45) is 5.92 Å². The molecule has 1 heterocycles. The van der Waals surface area contributed by atoms with Crippen LogP contribution in [0, 0.1) is 5.92 Å². The molecule has 8 heteroatoms. The molecule has 2 aliphatic carbocycles. The minimum absolute atomic E-state index is 0.0160. The van der Waals surface area contributed by atoms with Crippen LogP contribution in [0.4, 0.5) is 4.79 Å². The van der Waals surface area contributed by atoms with Gasteiger partial charge in [-0.3, -0.25) is 4.79 Å². The summed E-state index contributed by atoms with van der Waals surface area (Å²) in [6.07, 6.45) is 8.20. The largest absolute Gasteiger partial charge is 0.490 e. The minimum atomic E-state index is -0.748. The summed E-state index contributed by atoms with van der Waals surface area (Å²) in [5.41, 5.74) is 1.45. The van der Waals surface area contributed by atoms with E-state index < -0.39 is 5.97 Å². The third kappa shape index (κ3) is 5.23. The van der Waals surface area contributed by atoms with Crippen molar-refractivity contribution in [3.63, 3.8) is 0 Å². The fourth-order valence-electron chi connectivity index (χ4n) is 4.64.